The zero-order valence-electron chi connectivity index (χ0n) is 10.3. The third-order valence-electron chi connectivity index (χ3n) is 2.70. The fourth-order valence-electron chi connectivity index (χ4n) is 2.01. The largest absolute Gasteiger partial charge is 0.312 e. The monoisotopic (exact) mass is 230 g/mol. The van der Waals surface area contributed by atoms with Crippen molar-refractivity contribution in [3.63, 3.8) is 0 Å². The molecule has 0 spiro atoms. The van der Waals surface area contributed by atoms with Gasteiger partial charge < -0.3 is 4.48 Å². The Morgan fingerprint density at radius 3 is 2.94 bits per heavy atom. The number of nitrogens with one attached hydrogen (secondary N) is 1. The van der Waals surface area contributed by atoms with E-state index in [0.717, 1.165) is 33.2 Å². The summed E-state index contributed by atoms with van der Waals surface area (Å²) in [7, 11) is 6.49. The molecular weight excluding hydrogens is 214 g/mol. The Bertz CT molecular complexity index is 671. The normalized spacial score (nSPS) is 12.6. The van der Waals surface area contributed by atoms with Crippen LogP contribution in [0.15, 0.2) is 24.5 Å². The molecule has 0 unspecified atom stereocenters. The molecule has 3 aromatic rings. The van der Waals surface area contributed by atoms with E-state index in [-0.39, 0.29) is 0 Å². The van der Waals surface area contributed by atoms with Crippen molar-refractivity contribution in [2.75, 3.05) is 21.1 Å². The summed E-state index contributed by atoms with van der Waals surface area (Å²) in [5.41, 5.74) is 2.90. The topological polar surface area (TPSA) is 46.5 Å². The van der Waals surface area contributed by atoms with E-state index in [0.29, 0.717) is 0 Å². The average Bonchev–Trinajstić information content (AvgIpc) is 2.80. The first-order valence-corrected chi connectivity index (χ1v) is 5.63. The van der Waals surface area contributed by atoms with E-state index in [2.05, 4.69) is 47.0 Å². The predicted octanol–water partition coefficient (Wildman–Crippen LogP) is 1.58. The molecule has 5 nitrogen and oxygen atoms in total. The van der Waals surface area contributed by atoms with E-state index >= 15 is 0 Å². The highest BCUT2D eigenvalue weighted by atomic mass is 15.4. The van der Waals surface area contributed by atoms with E-state index in [9.17, 15) is 0 Å². The molecule has 3 aromatic heterocycles. The summed E-state index contributed by atoms with van der Waals surface area (Å²) in [4.78, 5) is 8.73. The number of nitrogens with zero attached hydrogens (tertiary/aromatic N) is 4. The lowest BCUT2D eigenvalue weighted by molar-refractivity contribution is -0.893. The van der Waals surface area contributed by atoms with Crippen molar-refractivity contribution in [3.8, 4) is 0 Å². The highest BCUT2D eigenvalue weighted by molar-refractivity contribution is 5.89. The third-order valence-corrected chi connectivity index (χ3v) is 2.70. The van der Waals surface area contributed by atoms with Crippen molar-refractivity contribution < 1.29 is 4.48 Å². The highest BCUT2D eigenvalue weighted by Gasteiger charge is 2.12. The van der Waals surface area contributed by atoms with E-state index < -0.39 is 0 Å². The summed E-state index contributed by atoms with van der Waals surface area (Å²) in [6.45, 7) is 0.880. The van der Waals surface area contributed by atoms with Crippen molar-refractivity contribution in [2.24, 2.45) is 0 Å². The lowest BCUT2D eigenvalue weighted by atomic mass is 10.3. The molecular formula is C12H16N5+. The molecule has 0 saturated carbocycles. The van der Waals surface area contributed by atoms with Gasteiger partial charge in [0.05, 0.1) is 26.7 Å². The number of rotatable bonds is 2. The van der Waals surface area contributed by atoms with Crippen molar-refractivity contribution in [2.45, 2.75) is 6.67 Å². The van der Waals surface area contributed by atoms with Crippen LogP contribution in [0.1, 0.15) is 0 Å². The van der Waals surface area contributed by atoms with Crippen LogP contribution in [0, 0.1) is 0 Å². The maximum atomic E-state index is 4.52. The minimum atomic E-state index is 0.814. The molecule has 0 atom stereocenters. The van der Waals surface area contributed by atoms with E-state index in [1.807, 2.05) is 12.3 Å². The van der Waals surface area contributed by atoms with Crippen molar-refractivity contribution >= 4 is 22.1 Å². The Morgan fingerprint density at radius 2 is 2.18 bits per heavy atom. The van der Waals surface area contributed by atoms with Gasteiger partial charge in [-0.3, -0.25) is 5.10 Å². The number of hydrogen-bond acceptors (Lipinski definition) is 2. The second-order valence-corrected chi connectivity index (χ2v) is 5.38. The third kappa shape index (κ3) is 1.78. The fourth-order valence-corrected chi connectivity index (χ4v) is 2.01. The maximum Gasteiger partial charge on any atom is 0.172 e. The molecule has 0 aromatic carbocycles. The molecule has 0 bridgehead atoms. The summed E-state index contributed by atoms with van der Waals surface area (Å²) in [6, 6.07) is 4.13. The molecule has 0 amide bonds. The Hall–Kier alpha value is -1.88. The summed E-state index contributed by atoms with van der Waals surface area (Å²) < 4.78 is 2.98. The lowest BCUT2D eigenvalue weighted by Crippen LogP contribution is -2.36. The van der Waals surface area contributed by atoms with Gasteiger partial charge in [0.15, 0.2) is 12.3 Å². The molecule has 88 valence electrons. The summed E-state index contributed by atoms with van der Waals surface area (Å²) in [5.74, 6) is 0. The average molecular weight is 230 g/mol. The maximum absolute atomic E-state index is 4.52. The minimum Gasteiger partial charge on any atom is -0.312 e. The summed E-state index contributed by atoms with van der Waals surface area (Å²) >= 11 is 0. The second kappa shape index (κ2) is 3.30. The van der Waals surface area contributed by atoms with E-state index in [1.54, 1.807) is 6.20 Å². The number of aromatic nitrogens is 4. The second-order valence-electron chi connectivity index (χ2n) is 5.38. The van der Waals surface area contributed by atoms with Gasteiger partial charge in [0.2, 0.25) is 0 Å². The first-order chi connectivity index (χ1) is 8.03. The number of hydrogen-bond donors (Lipinski definition) is 1. The van der Waals surface area contributed by atoms with Gasteiger partial charge in [-0.15, -0.1) is 0 Å². The molecule has 0 radical (unpaired) electrons. The van der Waals surface area contributed by atoms with Gasteiger partial charge in [-0.1, -0.05) is 0 Å². The molecule has 0 saturated heterocycles. The van der Waals surface area contributed by atoms with Crippen molar-refractivity contribution in [1.82, 2.24) is 19.7 Å². The molecule has 0 fully saturated rings. The van der Waals surface area contributed by atoms with Gasteiger partial charge in [0.1, 0.15) is 5.52 Å². The molecule has 3 heterocycles. The van der Waals surface area contributed by atoms with Gasteiger partial charge >= 0.3 is 0 Å². The van der Waals surface area contributed by atoms with E-state index in [4.69, 9.17) is 0 Å². The summed E-state index contributed by atoms with van der Waals surface area (Å²) in [6.07, 6.45) is 3.73. The number of quaternary nitrogens is 1. The molecule has 1 N–H and O–H groups in total. The van der Waals surface area contributed by atoms with Crippen LogP contribution in [0.5, 0.6) is 0 Å². The van der Waals surface area contributed by atoms with Crippen LogP contribution in [-0.2, 0) is 6.67 Å². The quantitative estimate of drug-likeness (QED) is 0.679. The zero-order valence-corrected chi connectivity index (χ0v) is 10.3. The minimum absolute atomic E-state index is 0.814. The van der Waals surface area contributed by atoms with Gasteiger partial charge in [-0.2, -0.15) is 0 Å². The highest BCUT2D eigenvalue weighted by Crippen LogP contribution is 2.18. The fraction of sp³-hybridized carbons (Fsp3) is 0.333. The SMILES string of the molecule is C[N+](C)(C)Cn1[nH]cc2nc3nccc3cc21. The smallest absolute Gasteiger partial charge is 0.172 e. The van der Waals surface area contributed by atoms with Crippen LogP contribution in [0.4, 0.5) is 0 Å². The Balaban J connectivity index is 2.19. The number of pyridine rings is 1. The van der Waals surface area contributed by atoms with Gasteiger partial charge in [0.25, 0.3) is 0 Å². The van der Waals surface area contributed by atoms with Crippen LogP contribution in [0.25, 0.3) is 22.1 Å². The Kier molecular flexibility index (Phi) is 2.00. The Morgan fingerprint density at radius 1 is 1.35 bits per heavy atom. The molecule has 5 heteroatoms. The summed E-state index contributed by atoms with van der Waals surface area (Å²) in [5, 5.41) is 4.34. The van der Waals surface area contributed by atoms with Crippen LogP contribution in [0.3, 0.4) is 0 Å². The van der Waals surface area contributed by atoms with E-state index in [1.165, 1.54) is 0 Å². The number of aromatic amines is 1. The first-order valence-electron chi connectivity index (χ1n) is 5.63. The van der Waals surface area contributed by atoms with Crippen LogP contribution >= 0.6 is 0 Å². The van der Waals surface area contributed by atoms with Crippen molar-refractivity contribution in [1.29, 1.82) is 0 Å². The molecule has 0 aliphatic carbocycles. The Labute approximate surface area is 99.3 Å². The number of H-pyrrole nitrogens is 1. The van der Waals surface area contributed by atoms with Crippen LogP contribution in [0.2, 0.25) is 0 Å². The molecule has 3 rings (SSSR count). The lowest BCUT2D eigenvalue weighted by Gasteiger charge is -2.24. The molecule has 0 aliphatic heterocycles. The van der Waals surface area contributed by atoms with Crippen LogP contribution in [-0.4, -0.2) is 45.4 Å². The van der Waals surface area contributed by atoms with Gasteiger partial charge in [-0.05, 0) is 12.1 Å². The van der Waals surface area contributed by atoms with Gasteiger partial charge in [-0.25, -0.2) is 14.6 Å². The predicted molar refractivity (Wildman–Crippen MR) is 67.4 cm³/mol. The standard InChI is InChI=1S/C12H16N5/c1-17(2,3)8-16-11-6-9-4-5-13-12(9)15-10(11)7-14-16/h4-7,14H,8H2,1-3H3/q+1. The zero-order chi connectivity index (χ0) is 12.0. The van der Waals surface area contributed by atoms with Gasteiger partial charge in [0, 0.05) is 17.8 Å². The number of fused-ring (bicyclic) bond motifs is 2. The van der Waals surface area contributed by atoms with Crippen molar-refractivity contribution in [3.05, 3.63) is 24.5 Å². The molecule has 0 aliphatic rings. The molecule has 17 heavy (non-hydrogen) atoms. The van der Waals surface area contributed by atoms with Crippen LogP contribution < -0.4 is 0 Å². The first kappa shape index (κ1) is 10.3.